The first kappa shape index (κ1) is 25.6. The molecule has 0 spiro atoms. The first-order valence-corrected chi connectivity index (χ1v) is 13.0. The lowest BCUT2D eigenvalue weighted by molar-refractivity contribution is 0.226. The molecule has 2 atom stereocenters. The van der Waals surface area contributed by atoms with Crippen molar-refractivity contribution in [2.24, 2.45) is 5.73 Å². The van der Waals surface area contributed by atoms with E-state index in [2.05, 4.69) is 32.0 Å². The van der Waals surface area contributed by atoms with E-state index < -0.39 is 17.5 Å². The van der Waals surface area contributed by atoms with Crippen molar-refractivity contribution >= 4 is 22.7 Å². The number of hydrogen-bond donors (Lipinski definition) is 1. The molecule has 0 radical (unpaired) electrons. The van der Waals surface area contributed by atoms with E-state index in [1.54, 1.807) is 18.3 Å². The Bertz CT molecular complexity index is 1080. The highest BCUT2D eigenvalue weighted by Crippen LogP contribution is 2.45. The second-order valence-electron chi connectivity index (χ2n) is 8.19. The molecule has 3 aromatic rings. The van der Waals surface area contributed by atoms with Gasteiger partial charge in [0.05, 0.1) is 11.4 Å². The summed E-state index contributed by atoms with van der Waals surface area (Å²) in [4.78, 5) is 2.13. The molecule has 0 aliphatic rings. The van der Waals surface area contributed by atoms with Crippen molar-refractivity contribution in [1.82, 2.24) is 0 Å². The molecule has 0 fully saturated rings. The first-order valence-electron chi connectivity index (χ1n) is 11.2. The average molecular weight is 487 g/mol. The fourth-order valence-corrected chi connectivity index (χ4v) is 6.26. The predicted molar refractivity (Wildman–Crippen MR) is 134 cm³/mol. The lowest BCUT2D eigenvalue weighted by Crippen LogP contribution is -2.25. The summed E-state index contributed by atoms with van der Waals surface area (Å²) in [7, 11) is 0. The second kappa shape index (κ2) is 11.4. The van der Waals surface area contributed by atoms with E-state index in [-0.39, 0.29) is 5.41 Å². The first-order chi connectivity index (χ1) is 15.8. The summed E-state index contributed by atoms with van der Waals surface area (Å²) in [5.41, 5.74) is 10.2. The molecule has 7 heteroatoms. The van der Waals surface area contributed by atoms with E-state index in [0.717, 1.165) is 40.2 Å². The third-order valence-corrected chi connectivity index (χ3v) is 8.35. The molecule has 0 amide bonds. The maximum Gasteiger partial charge on any atom is 0.124 e. The molecule has 1 aromatic heterocycles. The summed E-state index contributed by atoms with van der Waals surface area (Å²) < 4.78 is 33.2. The van der Waals surface area contributed by atoms with Crippen LogP contribution in [0.2, 0.25) is 0 Å². The molecule has 0 aliphatic heterocycles. The van der Waals surface area contributed by atoms with E-state index in [1.807, 2.05) is 43.3 Å². The monoisotopic (exact) mass is 486 g/mol. The largest absolute Gasteiger partial charge is 0.750 e. The van der Waals surface area contributed by atoms with Gasteiger partial charge in [-0.2, -0.15) is 0 Å². The van der Waals surface area contributed by atoms with Gasteiger partial charge in [0.15, 0.2) is 0 Å². The number of hydrogen-bond acceptors (Lipinski definition) is 6. The minimum Gasteiger partial charge on any atom is -0.750 e. The van der Waals surface area contributed by atoms with Crippen LogP contribution in [0.3, 0.4) is 0 Å². The van der Waals surface area contributed by atoms with Crippen LogP contribution >= 0.6 is 11.3 Å². The number of nitrogens with two attached hydrogens (primary N) is 1. The molecule has 0 saturated heterocycles. The van der Waals surface area contributed by atoms with Crippen molar-refractivity contribution in [3.05, 3.63) is 86.6 Å². The highest BCUT2D eigenvalue weighted by atomic mass is 32.2. The number of rotatable bonds is 11. The summed E-state index contributed by atoms with van der Waals surface area (Å²) in [5.74, 6) is 0.800. The van der Waals surface area contributed by atoms with Crippen molar-refractivity contribution < 1.29 is 17.7 Å². The van der Waals surface area contributed by atoms with Crippen molar-refractivity contribution in [3.8, 4) is 5.75 Å². The fourth-order valence-electron chi connectivity index (χ4n) is 4.36. The molecule has 2 N–H and O–H groups in total. The smallest absolute Gasteiger partial charge is 0.124 e. The van der Waals surface area contributed by atoms with E-state index in [9.17, 15) is 8.76 Å². The Hall–Kier alpha value is -2.03. The third kappa shape index (κ3) is 5.73. The summed E-state index contributed by atoms with van der Waals surface area (Å²) >= 11 is -0.925. The lowest BCUT2D eigenvalue weighted by atomic mass is 9.74. The van der Waals surface area contributed by atoms with E-state index in [1.165, 1.54) is 10.4 Å². The molecule has 0 saturated carbocycles. The zero-order valence-electron chi connectivity index (χ0n) is 19.6. The van der Waals surface area contributed by atoms with Crippen LogP contribution in [0, 0.1) is 6.92 Å². The van der Waals surface area contributed by atoms with Crippen LogP contribution in [0.5, 0.6) is 5.75 Å². The number of ether oxygens (including phenoxy) is 1. The zero-order chi connectivity index (χ0) is 24.0. The standard InChI is InChI=1S/C26H33NO4S2/c1-5-26(6-2,24-14-18(3)25(32-24)19(4)31-33(28)29)22-12-13-23(21(15-22)16-27)30-17-20-10-8-7-9-11-20/h7-15,19H,5-6,16-17,27H2,1-4H3,(H,28,29)/p-1. The van der Waals surface area contributed by atoms with Crippen molar-refractivity contribution in [2.75, 3.05) is 0 Å². The average Bonchev–Trinajstić information content (AvgIpc) is 3.21. The quantitative estimate of drug-likeness (QED) is 0.332. The Morgan fingerprint density at radius 3 is 2.42 bits per heavy atom. The molecular formula is C26H32NO4S2-. The van der Waals surface area contributed by atoms with E-state index >= 15 is 0 Å². The highest BCUT2D eigenvalue weighted by molar-refractivity contribution is 7.74. The molecule has 2 aromatic carbocycles. The van der Waals surface area contributed by atoms with Gasteiger partial charge in [0.2, 0.25) is 0 Å². The van der Waals surface area contributed by atoms with Crippen molar-refractivity contribution in [3.63, 3.8) is 0 Å². The molecule has 0 aliphatic carbocycles. The van der Waals surface area contributed by atoms with Crippen LogP contribution in [0.25, 0.3) is 0 Å². The van der Waals surface area contributed by atoms with Crippen LogP contribution in [0.1, 0.15) is 71.7 Å². The Morgan fingerprint density at radius 2 is 1.82 bits per heavy atom. The molecule has 1 heterocycles. The van der Waals surface area contributed by atoms with Crippen molar-refractivity contribution in [1.29, 1.82) is 0 Å². The summed E-state index contributed by atoms with van der Waals surface area (Å²) in [5, 5.41) is 0. The van der Waals surface area contributed by atoms with Gasteiger partial charge in [-0.3, -0.25) is 4.18 Å². The highest BCUT2D eigenvalue weighted by Gasteiger charge is 2.34. The Morgan fingerprint density at radius 1 is 1.12 bits per heavy atom. The van der Waals surface area contributed by atoms with Gasteiger partial charge in [-0.05, 0) is 61.6 Å². The summed E-state index contributed by atoms with van der Waals surface area (Å²) in [6.07, 6.45) is 1.29. The lowest BCUT2D eigenvalue weighted by Gasteiger charge is -2.32. The van der Waals surface area contributed by atoms with Crippen molar-refractivity contribution in [2.45, 2.75) is 65.2 Å². The predicted octanol–water partition coefficient (Wildman–Crippen LogP) is 6.07. The molecule has 5 nitrogen and oxygen atoms in total. The Balaban J connectivity index is 1.95. The topological polar surface area (TPSA) is 84.6 Å². The van der Waals surface area contributed by atoms with Gasteiger partial charge in [-0.25, -0.2) is 4.21 Å². The normalized spacial score (nSPS) is 13.6. The van der Waals surface area contributed by atoms with Crippen LogP contribution in [-0.2, 0) is 34.1 Å². The van der Waals surface area contributed by atoms with Gasteiger partial charge in [-0.1, -0.05) is 50.2 Å². The summed E-state index contributed by atoms with van der Waals surface area (Å²) in [6, 6.07) is 18.6. The van der Waals surface area contributed by atoms with Crippen LogP contribution < -0.4 is 10.5 Å². The number of thiophene rings is 1. The van der Waals surface area contributed by atoms with Crippen LogP contribution in [0.15, 0.2) is 54.6 Å². The number of aryl methyl sites for hydroxylation is 1. The molecule has 0 bridgehead atoms. The SMILES string of the molecule is CCC(CC)(c1ccc(OCc2ccccc2)c(CN)c1)c1cc(C)c(C(C)OS(=O)[O-])s1. The van der Waals surface area contributed by atoms with Crippen LogP contribution in [0.4, 0.5) is 0 Å². The van der Waals surface area contributed by atoms with E-state index in [0.29, 0.717) is 13.2 Å². The van der Waals surface area contributed by atoms with Gasteiger partial charge < -0.3 is 15.0 Å². The second-order valence-corrected chi connectivity index (χ2v) is 9.88. The van der Waals surface area contributed by atoms with Gasteiger partial charge >= 0.3 is 0 Å². The third-order valence-electron chi connectivity index (χ3n) is 6.30. The minimum absolute atomic E-state index is 0.202. The fraction of sp³-hybridized carbons (Fsp3) is 0.385. The Labute approximate surface area is 203 Å². The number of benzene rings is 2. The minimum atomic E-state index is -2.55. The van der Waals surface area contributed by atoms with Gasteiger partial charge in [0, 0.05) is 27.3 Å². The zero-order valence-corrected chi connectivity index (χ0v) is 21.3. The molecule has 2 unspecified atom stereocenters. The maximum absolute atomic E-state index is 11.0. The maximum atomic E-state index is 11.0. The molecule has 3 rings (SSSR count). The van der Waals surface area contributed by atoms with Gasteiger partial charge in [-0.15, -0.1) is 11.3 Å². The van der Waals surface area contributed by atoms with Gasteiger partial charge in [0.25, 0.3) is 0 Å². The summed E-state index contributed by atoms with van der Waals surface area (Å²) in [6.45, 7) is 9.02. The Kier molecular flexibility index (Phi) is 8.84. The van der Waals surface area contributed by atoms with E-state index in [4.69, 9.17) is 14.7 Å². The molecular weight excluding hydrogens is 454 g/mol. The molecule has 178 valence electrons. The van der Waals surface area contributed by atoms with Crippen LogP contribution in [-0.4, -0.2) is 8.76 Å². The molecule has 33 heavy (non-hydrogen) atoms. The van der Waals surface area contributed by atoms with Gasteiger partial charge in [0.1, 0.15) is 18.5 Å².